The van der Waals surface area contributed by atoms with Crippen LogP contribution in [0.3, 0.4) is 0 Å². The van der Waals surface area contributed by atoms with Crippen molar-refractivity contribution >= 4 is 12.0 Å². The molecular weight excluding hydrogens is 210 g/mol. The van der Waals surface area contributed by atoms with Gasteiger partial charge in [0, 0.05) is 18.0 Å². The van der Waals surface area contributed by atoms with Gasteiger partial charge in [-0.2, -0.15) is 0 Å². The van der Waals surface area contributed by atoms with Crippen LogP contribution in [0, 0.1) is 0 Å². The molecule has 0 aliphatic rings. The third-order valence-corrected chi connectivity index (χ3v) is 1.70. The Morgan fingerprint density at radius 1 is 1.31 bits per heavy atom. The molecule has 1 heterocycles. The van der Waals surface area contributed by atoms with Crippen LogP contribution >= 0.6 is 0 Å². The molecule has 1 aromatic rings. The van der Waals surface area contributed by atoms with E-state index in [9.17, 15) is 9.59 Å². The lowest BCUT2D eigenvalue weighted by molar-refractivity contribution is 0.0948. The predicted molar refractivity (Wildman–Crippen MR) is 56.7 cm³/mol. The van der Waals surface area contributed by atoms with Crippen LogP contribution in [-0.4, -0.2) is 30.3 Å². The number of rotatable bonds is 4. The van der Waals surface area contributed by atoms with Crippen molar-refractivity contribution in [3.8, 4) is 0 Å². The van der Waals surface area contributed by atoms with E-state index in [-0.39, 0.29) is 12.6 Å². The molecule has 2 amide bonds. The zero-order chi connectivity index (χ0) is 11.8. The second-order valence-corrected chi connectivity index (χ2v) is 2.82. The number of carbonyl (C=O) groups excluding carboxylic acids is 2. The van der Waals surface area contributed by atoms with Gasteiger partial charge in [0.25, 0.3) is 5.91 Å². The minimum absolute atomic E-state index is 0.0278. The van der Waals surface area contributed by atoms with Crippen LogP contribution in [0.5, 0.6) is 0 Å². The number of nitrogens with zero attached hydrogens (tertiary/aromatic N) is 1. The van der Waals surface area contributed by atoms with Gasteiger partial charge in [-0.3, -0.25) is 9.78 Å². The Morgan fingerprint density at radius 2 is 2.00 bits per heavy atom. The Labute approximate surface area is 93.0 Å². The molecule has 0 saturated carbocycles. The minimum Gasteiger partial charge on any atom is -0.450 e. The molecule has 0 saturated heterocycles. The van der Waals surface area contributed by atoms with E-state index in [4.69, 9.17) is 0 Å². The summed E-state index contributed by atoms with van der Waals surface area (Å²) in [6.07, 6.45) is 2.49. The molecule has 0 aromatic carbocycles. The highest BCUT2D eigenvalue weighted by Crippen LogP contribution is 1.94. The number of alkyl carbamates (subject to hydrolysis) is 1. The monoisotopic (exact) mass is 223 g/mol. The van der Waals surface area contributed by atoms with Gasteiger partial charge in [-0.1, -0.05) is 0 Å². The molecule has 0 atom stereocenters. The van der Waals surface area contributed by atoms with Crippen molar-refractivity contribution in [1.29, 1.82) is 0 Å². The second-order valence-electron chi connectivity index (χ2n) is 2.82. The molecule has 0 bridgehead atoms. The molecule has 0 unspecified atom stereocenters. The van der Waals surface area contributed by atoms with E-state index in [1.165, 1.54) is 12.4 Å². The summed E-state index contributed by atoms with van der Waals surface area (Å²) in [6, 6.07) is 3.17. The van der Waals surface area contributed by atoms with Crippen molar-refractivity contribution < 1.29 is 14.3 Å². The molecule has 2 N–H and O–H groups in total. The molecule has 6 heteroatoms. The first-order valence-electron chi connectivity index (χ1n) is 4.83. The standard InChI is InChI=1S/C10H13N3O3/c1-2-16-10(15)13-7-12-9(14)8-3-5-11-6-4-8/h3-6H,2,7H2,1H3,(H,12,14)(H,13,15). The van der Waals surface area contributed by atoms with Gasteiger partial charge in [-0.05, 0) is 19.1 Å². The Bertz CT molecular complexity index is 354. The number of hydrogen-bond acceptors (Lipinski definition) is 4. The number of pyridine rings is 1. The summed E-state index contributed by atoms with van der Waals surface area (Å²) in [4.78, 5) is 26.1. The van der Waals surface area contributed by atoms with Crippen molar-refractivity contribution in [2.75, 3.05) is 13.3 Å². The normalized spacial score (nSPS) is 9.31. The molecule has 0 fully saturated rings. The van der Waals surface area contributed by atoms with E-state index in [1.807, 2.05) is 0 Å². The summed E-state index contributed by atoms with van der Waals surface area (Å²) < 4.78 is 4.62. The van der Waals surface area contributed by atoms with Crippen LogP contribution in [0.4, 0.5) is 4.79 Å². The molecule has 0 aliphatic carbocycles. The van der Waals surface area contributed by atoms with E-state index in [0.717, 1.165) is 0 Å². The van der Waals surface area contributed by atoms with Gasteiger partial charge in [0.15, 0.2) is 0 Å². The average molecular weight is 223 g/mol. The van der Waals surface area contributed by atoms with Gasteiger partial charge >= 0.3 is 6.09 Å². The topological polar surface area (TPSA) is 80.3 Å². The highest BCUT2D eigenvalue weighted by Gasteiger charge is 2.04. The Hall–Kier alpha value is -2.11. The summed E-state index contributed by atoms with van der Waals surface area (Å²) >= 11 is 0. The van der Waals surface area contributed by atoms with E-state index < -0.39 is 6.09 Å². The number of nitrogens with one attached hydrogen (secondary N) is 2. The fourth-order valence-corrected chi connectivity index (χ4v) is 0.984. The van der Waals surface area contributed by atoms with Crippen molar-refractivity contribution in [2.24, 2.45) is 0 Å². The van der Waals surface area contributed by atoms with Gasteiger partial charge < -0.3 is 15.4 Å². The second kappa shape index (κ2) is 6.39. The van der Waals surface area contributed by atoms with Crippen molar-refractivity contribution in [3.05, 3.63) is 30.1 Å². The Morgan fingerprint density at radius 3 is 2.62 bits per heavy atom. The number of carbonyl (C=O) groups is 2. The zero-order valence-electron chi connectivity index (χ0n) is 8.90. The van der Waals surface area contributed by atoms with Gasteiger partial charge in [-0.15, -0.1) is 0 Å². The van der Waals surface area contributed by atoms with E-state index >= 15 is 0 Å². The summed E-state index contributed by atoms with van der Waals surface area (Å²) in [5.74, 6) is -0.279. The SMILES string of the molecule is CCOC(=O)NCNC(=O)c1ccncc1. The van der Waals surface area contributed by atoms with Crippen LogP contribution in [0.2, 0.25) is 0 Å². The maximum Gasteiger partial charge on any atom is 0.408 e. The van der Waals surface area contributed by atoms with Crippen LogP contribution in [-0.2, 0) is 4.74 Å². The summed E-state index contributed by atoms with van der Waals surface area (Å²) in [5, 5.41) is 4.89. The first-order chi connectivity index (χ1) is 7.74. The molecule has 1 rings (SSSR count). The maximum absolute atomic E-state index is 11.5. The molecule has 0 spiro atoms. The van der Waals surface area contributed by atoms with Crippen molar-refractivity contribution in [1.82, 2.24) is 15.6 Å². The first kappa shape index (κ1) is 12.0. The highest BCUT2D eigenvalue weighted by atomic mass is 16.5. The lowest BCUT2D eigenvalue weighted by atomic mass is 10.2. The molecule has 16 heavy (non-hydrogen) atoms. The van der Waals surface area contributed by atoms with Gasteiger partial charge in [0.1, 0.15) is 0 Å². The van der Waals surface area contributed by atoms with E-state index in [2.05, 4.69) is 20.4 Å². The lowest BCUT2D eigenvalue weighted by Gasteiger charge is -2.06. The Balaban J connectivity index is 2.29. The maximum atomic E-state index is 11.5. The number of hydrogen-bond donors (Lipinski definition) is 2. The summed E-state index contributed by atoms with van der Waals surface area (Å²) in [7, 11) is 0. The molecule has 0 aliphatic heterocycles. The molecule has 1 aromatic heterocycles. The van der Waals surface area contributed by atoms with Crippen LogP contribution in [0.25, 0.3) is 0 Å². The van der Waals surface area contributed by atoms with Crippen molar-refractivity contribution in [3.63, 3.8) is 0 Å². The lowest BCUT2D eigenvalue weighted by Crippen LogP contribution is -2.37. The predicted octanol–water partition coefficient (Wildman–Crippen LogP) is 0.515. The van der Waals surface area contributed by atoms with Gasteiger partial charge in [-0.25, -0.2) is 4.79 Å². The number of ether oxygens (including phenoxy) is 1. The minimum atomic E-state index is -0.558. The van der Waals surface area contributed by atoms with Gasteiger partial charge in [0.05, 0.1) is 13.3 Å². The van der Waals surface area contributed by atoms with Gasteiger partial charge in [0.2, 0.25) is 0 Å². The van der Waals surface area contributed by atoms with Crippen molar-refractivity contribution in [2.45, 2.75) is 6.92 Å². The molecule has 0 radical (unpaired) electrons. The summed E-state index contributed by atoms with van der Waals surface area (Å²) in [5.41, 5.74) is 0.487. The third kappa shape index (κ3) is 3.95. The third-order valence-electron chi connectivity index (χ3n) is 1.70. The van der Waals surface area contributed by atoms with E-state index in [1.54, 1.807) is 19.1 Å². The fourth-order valence-electron chi connectivity index (χ4n) is 0.984. The fraction of sp³-hybridized carbons (Fsp3) is 0.300. The Kier molecular flexibility index (Phi) is 4.78. The largest absolute Gasteiger partial charge is 0.450 e. The average Bonchev–Trinajstić information content (AvgIpc) is 2.30. The van der Waals surface area contributed by atoms with Crippen LogP contribution < -0.4 is 10.6 Å². The van der Waals surface area contributed by atoms with Crippen LogP contribution in [0.15, 0.2) is 24.5 Å². The summed E-state index contributed by atoms with van der Waals surface area (Å²) in [6.45, 7) is 2.03. The zero-order valence-corrected chi connectivity index (χ0v) is 8.90. The molecule has 86 valence electrons. The number of amides is 2. The molecule has 6 nitrogen and oxygen atoms in total. The van der Waals surface area contributed by atoms with E-state index in [0.29, 0.717) is 12.2 Å². The molecular formula is C10H13N3O3. The van der Waals surface area contributed by atoms with Crippen LogP contribution in [0.1, 0.15) is 17.3 Å². The highest BCUT2D eigenvalue weighted by molar-refractivity contribution is 5.94. The number of aromatic nitrogens is 1. The first-order valence-corrected chi connectivity index (χ1v) is 4.83. The smallest absolute Gasteiger partial charge is 0.408 e. The quantitative estimate of drug-likeness (QED) is 0.729.